The number of fused-ring (bicyclic) bond motifs is 2. The predicted octanol–water partition coefficient (Wildman–Crippen LogP) is 1.44. The lowest BCUT2D eigenvalue weighted by Gasteiger charge is -2.37. The minimum absolute atomic E-state index is 0.0226. The van der Waals surface area contributed by atoms with Gasteiger partial charge in [-0.25, -0.2) is 0 Å². The van der Waals surface area contributed by atoms with Crippen LogP contribution in [0.5, 0.6) is 0 Å². The molecule has 5 heteroatoms. The van der Waals surface area contributed by atoms with Gasteiger partial charge in [-0.05, 0) is 45.1 Å². The van der Waals surface area contributed by atoms with Crippen LogP contribution in [0.3, 0.4) is 0 Å². The van der Waals surface area contributed by atoms with Crippen molar-refractivity contribution >= 4 is 11.8 Å². The van der Waals surface area contributed by atoms with Gasteiger partial charge in [0.25, 0.3) is 0 Å². The lowest BCUT2D eigenvalue weighted by molar-refractivity contribution is -0.239. The van der Waals surface area contributed by atoms with Gasteiger partial charge in [-0.1, -0.05) is 13.0 Å². The van der Waals surface area contributed by atoms with Crippen LogP contribution < -0.4 is 0 Å². The molecule has 0 aromatic carbocycles. The van der Waals surface area contributed by atoms with Crippen molar-refractivity contribution in [1.29, 1.82) is 0 Å². The van der Waals surface area contributed by atoms with E-state index in [4.69, 9.17) is 9.47 Å². The molecule has 0 aromatic rings. The molecule has 4 aliphatic rings. The van der Waals surface area contributed by atoms with Crippen LogP contribution in [0, 0.1) is 28.6 Å². The van der Waals surface area contributed by atoms with Crippen molar-refractivity contribution in [2.24, 2.45) is 28.6 Å². The Morgan fingerprint density at radius 3 is 2.64 bits per heavy atom. The third kappa shape index (κ3) is 1.30. The predicted molar refractivity (Wildman–Crippen MR) is 76.5 cm³/mol. The monoisotopic (exact) mass is 306 g/mol. The van der Waals surface area contributed by atoms with Gasteiger partial charge in [-0.15, -0.1) is 0 Å². The van der Waals surface area contributed by atoms with Crippen LogP contribution in [-0.4, -0.2) is 34.9 Å². The Kier molecular flexibility index (Phi) is 2.50. The molecule has 8 atom stereocenters. The largest absolute Gasteiger partial charge is 0.461 e. The molecule has 2 heterocycles. The van der Waals surface area contributed by atoms with Crippen molar-refractivity contribution in [2.45, 2.75) is 52.1 Å². The fourth-order valence-corrected chi connectivity index (χ4v) is 5.33. The van der Waals surface area contributed by atoms with Gasteiger partial charge in [0.15, 0.2) is 11.6 Å². The second-order valence-electron chi connectivity index (χ2n) is 7.94. The summed E-state index contributed by atoms with van der Waals surface area (Å²) in [7, 11) is 0. The first-order valence-electron chi connectivity index (χ1n) is 7.98. The highest BCUT2D eigenvalue weighted by Crippen LogP contribution is 2.64. The van der Waals surface area contributed by atoms with E-state index in [1.54, 1.807) is 13.0 Å². The third-order valence-electron chi connectivity index (χ3n) is 6.88. The Balaban J connectivity index is 1.92. The quantitative estimate of drug-likeness (QED) is 0.686. The highest BCUT2D eigenvalue weighted by atomic mass is 16.7. The minimum atomic E-state index is -1.62. The summed E-state index contributed by atoms with van der Waals surface area (Å²) in [6, 6.07) is 0. The molecule has 120 valence electrons. The van der Waals surface area contributed by atoms with E-state index in [-0.39, 0.29) is 29.6 Å². The second-order valence-corrected chi connectivity index (χ2v) is 7.94. The van der Waals surface area contributed by atoms with Crippen LogP contribution >= 0.6 is 0 Å². The molecule has 0 aromatic heterocycles. The molecule has 5 nitrogen and oxygen atoms in total. The molecule has 0 bridgehead atoms. The van der Waals surface area contributed by atoms with Crippen molar-refractivity contribution in [3.8, 4) is 0 Å². The van der Waals surface area contributed by atoms with E-state index >= 15 is 0 Å². The van der Waals surface area contributed by atoms with Crippen molar-refractivity contribution in [3.63, 3.8) is 0 Å². The van der Waals surface area contributed by atoms with Crippen molar-refractivity contribution in [1.82, 2.24) is 0 Å². The number of ether oxygens (including phenoxy) is 2. The molecule has 1 saturated carbocycles. The number of carbonyl (C=O) groups excluding carboxylic acids is 2. The third-order valence-corrected chi connectivity index (χ3v) is 6.88. The SMILES string of the molecule is CC1CC2OC(=O)C3(C)C2[C@@H](OC3(C)O)[C@]2(C)C(=O)C=CC12. The van der Waals surface area contributed by atoms with Gasteiger partial charge < -0.3 is 14.6 Å². The fourth-order valence-electron chi connectivity index (χ4n) is 5.33. The Morgan fingerprint density at radius 1 is 1.27 bits per heavy atom. The Bertz CT molecular complexity index is 608. The van der Waals surface area contributed by atoms with Gasteiger partial charge in [0.05, 0.1) is 11.5 Å². The summed E-state index contributed by atoms with van der Waals surface area (Å²) in [6.45, 7) is 7.23. The number of aliphatic hydroxyl groups is 1. The van der Waals surface area contributed by atoms with Gasteiger partial charge in [0.2, 0.25) is 0 Å². The summed E-state index contributed by atoms with van der Waals surface area (Å²) < 4.78 is 11.6. The molecule has 2 aliphatic carbocycles. The van der Waals surface area contributed by atoms with Gasteiger partial charge in [-0.2, -0.15) is 0 Å². The molecule has 0 amide bonds. The molecule has 3 fully saturated rings. The highest BCUT2D eigenvalue weighted by molar-refractivity contribution is 5.98. The molecule has 2 saturated heterocycles. The smallest absolute Gasteiger partial charge is 0.318 e. The average Bonchev–Trinajstić information content (AvgIpc) is 2.91. The van der Waals surface area contributed by atoms with E-state index in [1.165, 1.54) is 6.92 Å². The molecule has 4 rings (SSSR count). The number of esters is 1. The van der Waals surface area contributed by atoms with E-state index in [0.717, 1.165) is 0 Å². The van der Waals surface area contributed by atoms with Crippen LogP contribution in [0.25, 0.3) is 0 Å². The summed E-state index contributed by atoms with van der Waals surface area (Å²) >= 11 is 0. The molecule has 0 spiro atoms. The molecule has 0 radical (unpaired) electrons. The first kappa shape index (κ1) is 14.4. The molecule has 22 heavy (non-hydrogen) atoms. The second kappa shape index (κ2) is 3.82. The van der Waals surface area contributed by atoms with Crippen LogP contribution in [0.2, 0.25) is 0 Å². The Labute approximate surface area is 129 Å². The Hall–Kier alpha value is -1.20. The molecular weight excluding hydrogens is 284 g/mol. The Morgan fingerprint density at radius 2 is 1.95 bits per heavy atom. The van der Waals surface area contributed by atoms with E-state index in [1.807, 2.05) is 13.0 Å². The van der Waals surface area contributed by atoms with Gasteiger partial charge in [0.1, 0.15) is 11.5 Å². The summed E-state index contributed by atoms with van der Waals surface area (Å²) in [5, 5.41) is 10.8. The highest BCUT2D eigenvalue weighted by Gasteiger charge is 2.76. The first-order chi connectivity index (χ1) is 10.1. The fraction of sp³-hybridized carbons (Fsp3) is 0.765. The first-order valence-corrected chi connectivity index (χ1v) is 7.98. The lowest BCUT2D eigenvalue weighted by Crippen LogP contribution is -2.47. The average molecular weight is 306 g/mol. The summed E-state index contributed by atoms with van der Waals surface area (Å²) in [5.74, 6) is -2.04. The standard InChI is InChI=1S/C17H22O5/c1-8-7-10-12-13(15(2)9(8)5-6-11(15)18)22-17(4,20)16(12,3)14(19)21-10/h5-6,8-10,12-13,20H,7H2,1-4H3/t8?,9?,10?,12?,13-,15+,16?,17?/m1/s1. The van der Waals surface area contributed by atoms with Crippen molar-refractivity contribution in [3.05, 3.63) is 12.2 Å². The van der Waals surface area contributed by atoms with Gasteiger partial charge in [-0.3, -0.25) is 9.59 Å². The van der Waals surface area contributed by atoms with Crippen LogP contribution in [0.15, 0.2) is 12.2 Å². The topological polar surface area (TPSA) is 72.8 Å². The summed E-state index contributed by atoms with van der Waals surface area (Å²) in [4.78, 5) is 25.1. The molecular formula is C17H22O5. The summed E-state index contributed by atoms with van der Waals surface area (Å²) in [5.41, 5.74) is -1.86. The minimum Gasteiger partial charge on any atom is -0.461 e. The summed E-state index contributed by atoms with van der Waals surface area (Å²) in [6.07, 6.45) is 3.48. The van der Waals surface area contributed by atoms with E-state index in [0.29, 0.717) is 6.42 Å². The number of carbonyl (C=O) groups is 2. The normalized spacial score (nSPS) is 59.2. The van der Waals surface area contributed by atoms with Crippen molar-refractivity contribution in [2.75, 3.05) is 0 Å². The maximum atomic E-state index is 12.6. The maximum absolute atomic E-state index is 12.6. The zero-order valence-corrected chi connectivity index (χ0v) is 13.3. The molecule has 2 aliphatic heterocycles. The van der Waals surface area contributed by atoms with E-state index < -0.39 is 28.7 Å². The molecule has 6 unspecified atom stereocenters. The zero-order valence-electron chi connectivity index (χ0n) is 13.3. The van der Waals surface area contributed by atoms with Gasteiger partial charge >= 0.3 is 5.97 Å². The number of hydrogen-bond acceptors (Lipinski definition) is 5. The number of allylic oxidation sites excluding steroid dienone is 2. The van der Waals surface area contributed by atoms with Crippen LogP contribution in [-0.2, 0) is 19.1 Å². The van der Waals surface area contributed by atoms with Crippen LogP contribution in [0.4, 0.5) is 0 Å². The van der Waals surface area contributed by atoms with Crippen LogP contribution in [0.1, 0.15) is 34.1 Å². The number of rotatable bonds is 0. The van der Waals surface area contributed by atoms with E-state index in [9.17, 15) is 14.7 Å². The zero-order chi connectivity index (χ0) is 16.1. The maximum Gasteiger partial charge on any atom is 0.318 e. The number of ketones is 1. The lowest BCUT2D eigenvalue weighted by atomic mass is 9.64. The molecule has 1 N–H and O–H groups in total. The van der Waals surface area contributed by atoms with E-state index in [2.05, 4.69) is 6.92 Å². The van der Waals surface area contributed by atoms with Crippen molar-refractivity contribution < 1.29 is 24.2 Å². The number of hydrogen-bond donors (Lipinski definition) is 1. The van der Waals surface area contributed by atoms with Gasteiger partial charge in [0, 0.05) is 5.92 Å².